The lowest BCUT2D eigenvalue weighted by Gasteiger charge is -2.51. The van der Waals surface area contributed by atoms with Crippen LogP contribution in [0, 0.1) is 40.9 Å². The predicted molar refractivity (Wildman–Crippen MR) is 110 cm³/mol. The van der Waals surface area contributed by atoms with E-state index in [4.69, 9.17) is 4.74 Å². The molecule has 3 aliphatic rings. The van der Waals surface area contributed by atoms with Crippen molar-refractivity contribution in [1.82, 2.24) is 0 Å². The highest BCUT2D eigenvalue weighted by molar-refractivity contribution is 5.89. The van der Waals surface area contributed by atoms with E-state index in [-0.39, 0.29) is 23.4 Å². The molecule has 0 aliphatic heterocycles. The van der Waals surface area contributed by atoms with Crippen molar-refractivity contribution in [3.05, 3.63) is 47.5 Å². The lowest BCUT2D eigenvalue weighted by atomic mass is 9.54. The van der Waals surface area contributed by atoms with Gasteiger partial charge in [-0.25, -0.2) is 4.79 Å². The van der Waals surface area contributed by atoms with Crippen LogP contribution in [0.3, 0.4) is 0 Å². The van der Waals surface area contributed by atoms with Gasteiger partial charge in [0.25, 0.3) is 0 Å². The summed E-state index contributed by atoms with van der Waals surface area (Å²) in [6, 6.07) is 9.27. The van der Waals surface area contributed by atoms with Crippen LogP contribution in [-0.2, 0) is 9.53 Å². The molecule has 4 rings (SSSR count). The Morgan fingerprint density at radius 2 is 1.89 bits per heavy atom. The first kappa shape index (κ1) is 19.4. The van der Waals surface area contributed by atoms with E-state index < -0.39 is 0 Å². The summed E-state index contributed by atoms with van der Waals surface area (Å²) in [5.41, 5.74) is 2.12. The summed E-state index contributed by atoms with van der Waals surface area (Å²) >= 11 is 0. The number of carbonyl (C=O) groups excluding carboxylic acids is 2. The number of ether oxygens (including phenoxy) is 1. The third-order valence-corrected chi connectivity index (χ3v) is 8.16. The van der Waals surface area contributed by atoms with Gasteiger partial charge in [-0.1, -0.05) is 43.7 Å². The molecule has 0 spiro atoms. The van der Waals surface area contributed by atoms with E-state index in [1.807, 2.05) is 30.3 Å². The van der Waals surface area contributed by atoms with Crippen molar-refractivity contribution in [1.29, 1.82) is 0 Å². The van der Waals surface area contributed by atoms with Gasteiger partial charge < -0.3 is 9.53 Å². The Kier molecular flexibility index (Phi) is 4.97. The fraction of sp³-hybridized carbons (Fsp3) is 0.600. The highest BCUT2D eigenvalue weighted by atomic mass is 16.5. The lowest BCUT2D eigenvalue weighted by Crippen LogP contribution is -2.51. The van der Waals surface area contributed by atoms with Gasteiger partial charge in [0, 0.05) is 11.8 Å². The number of allylic oxidation sites excluding steroid dienone is 2. The number of hydrogen-bond donors (Lipinski definition) is 0. The van der Waals surface area contributed by atoms with E-state index in [2.05, 4.69) is 33.8 Å². The second-order valence-corrected chi connectivity index (χ2v) is 9.56. The van der Waals surface area contributed by atoms with Gasteiger partial charge in [-0.05, 0) is 74.3 Å². The maximum atomic E-state index is 12.7. The van der Waals surface area contributed by atoms with E-state index in [1.165, 1.54) is 11.9 Å². The Labute approximate surface area is 168 Å². The molecule has 1 unspecified atom stereocenters. The molecule has 1 aromatic carbocycles. The highest BCUT2D eigenvalue weighted by Crippen LogP contribution is 2.72. The first-order valence-electron chi connectivity index (χ1n) is 10.8. The van der Waals surface area contributed by atoms with Crippen molar-refractivity contribution in [2.75, 3.05) is 0 Å². The number of carbonyl (C=O) groups is 2. The van der Waals surface area contributed by atoms with Crippen LogP contribution in [0.1, 0.15) is 57.3 Å². The minimum absolute atomic E-state index is 0.0261. The van der Waals surface area contributed by atoms with Crippen LogP contribution >= 0.6 is 0 Å². The highest BCUT2D eigenvalue weighted by Gasteiger charge is 2.69. The maximum absolute atomic E-state index is 12.7. The number of benzene rings is 1. The number of aldehydes is 1. The molecule has 0 heterocycles. The van der Waals surface area contributed by atoms with Gasteiger partial charge in [-0.15, -0.1) is 0 Å². The zero-order valence-corrected chi connectivity index (χ0v) is 17.4. The van der Waals surface area contributed by atoms with Crippen LogP contribution in [0.5, 0.6) is 0 Å². The van der Waals surface area contributed by atoms with E-state index >= 15 is 0 Å². The van der Waals surface area contributed by atoms with Crippen molar-refractivity contribution in [2.24, 2.45) is 40.9 Å². The third-order valence-electron chi connectivity index (χ3n) is 8.16. The molecule has 3 fully saturated rings. The molecule has 3 nitrogen and oxygen atoms in total. The molecule has 0 amide bonds. The third kappa shape index (κ3) is 2.94. The summed E-state index contributed by atoms with van der Waals surface area (Å²) < 4.78 is 6.08. The fourth-order valence-electron chi connectivity index (χ4n) is 6.70. The van der Waals surface area contributed by atoms with Crippen molar-refractivity contribution in [3.63, 3.8) is 0 Å². The van der Waals surface area contributed by atoms with Crippen LogP contribution in [0.4, 0.5) is 0 Å². The summed E-state index contributed by atoms with van der Waals surface area (Å²) in [6.07, 6.45) is 6.39. The van der Waals surface area contributed by atoms with Gasteiger partial charge in [0.15, 0.2) is 0 Å². The van der Waals surface area contributed by atoms with Gasteiger partial charge in [0.2, 0.25) is 0 Å². The molecule has 3 saturated carbocycles. The second kappa shape index (κ2) is 7.17. The molecule has 0 radical (unpaired) electrons. The van der Waals surface area contributed by atoms with Crippen LogP contribution < -0.4 is 0 Å². The van der Waals surface area contributed by atoms with E-state index in [9.17, 15) is 9.59 Å². The van der Waals surface area contributed by atoms with Crippen molar-refractivity contribution < 1.29 is 14.3 Å². The Balaban J connectivity index is 1.64. The molecule has 0 bridgehead atoms. The Morgan fingerprint density at radius 3 is 2.54 bits per heavy atom. The molecule has 3 heteroatoms. The normalized spacial score (nSPS) is 42.1. The molecule has 0 N–H and O–H groups in total. The smallest absolute Gasteiger partial charge is 0.338 e. The lowest BCUT2D eigenvalue weighted by molar-refractivity contribution is -0.127. The first-order valence-corrected chi connectivity index (χ1v) is 10.8. The Hall–Kier alpha value is -1.90. The molecule has 8 atom stereocenters. The Bertz CT molecular complexity index is 782. The topological polar surface area (TPSA) is 43.4 Å². The van der Waals surface area contributed by atoms with Gasteiger partial charge in [0.05, 0.1) is 5.56 Å². The molecule has 0 aromatic heterocycles. The minimum Gasteiger partial charge on any atom is -0.458 e. The average Bonchev–Trinajstić information content (AvgIpc) is 3.40. The SMILES string of the molecule is C/C=C(\C)[C@H]1[C@@H](C=O)[C@H]2[C@@H](C3C[C@]31C)[C@@H](OC(=O)c1ccccc1)CC[C@@H]2C. The van der Waals surface area contributed by atoms with Crippen molar-refractivity contribution >= 4 is 12.3 Å². The van der Waals surface area contributed by atoms with Gasteiger partial charge in [-0.2, -0.15) is 0 Å². The molecule has 28 heavy (non-hydrogen) atoms. The standard InChI is InChI=1S/C25H32O3/c1-5-15(2)23-18(14-26)21-16(3)11-12-20(22(21)19-13-25(19,23)4)28-24(27)17-9-7-6-8-10-17/h5-10,14,16,18-23H,11-13H2,1-4H3/b15-5+/t16-,18-,19?,20-,21-,22-,23-,25+/m0/s1. The summed E-state index contributed by atoms with van der Waals surface area (Å²) in [7, 11) is 0. The zero-order chi connectivity index (χ0) is 20.1. The number of rotatable bonds is 4. The van der Waals surface area contributed by atoms with E-state index in [1.54, 1.807) is 0 Å². The summed E-state index contributed by atoms with van der Waals surface area (Å²) in [5.74, 6) is 1.77. The van der Waals surface area contributed by atoms with Crippen molar-refractivity contribution in [3.8, 4) is 0 Å². The predicted octanol–water partition coefficient (Wildman–Crippen LogP) is 5.31. The van der Waals surface area contributed by atoms with Gasteiger partial charge in [0.1, 0.15) is 12.4 Å². The maximum Gasteiger partial charge on any atom is 0.338 e. The van der Waals surface area contributed by atoms with Crippen LogP contribution in [-0.4, -0.2) is 18.4 Å². The van der Waals surface area contributed by atoms with Crippen LogP contribution in [0.2, 0.25) is 0 Å². The molecule has 0 saturated heterocycles. The van der Waals surface area contributed by atoms with E-state index in [0.29, 0.717) is 35.2 Å². The van der Waals surface area contributed by atoms with Crippen LogP contribution in [0.25, 0.3) is 0 Å². The summed E-state index contributed by atoms with van der Waals surface area (Å²) in [4.78, 5) is 25.1. The largest absolute Gasteiger partial charge is 0.458 e. The molecule has 1 aromatic rings. The van der Waals surface area contributed by atoms with Crippen molar-refractivity contribution in [2.45, 2.75) is 53.1 Å². The average molecular weight is 381 g/mol. The van der Waals surface area contributed by atoms with E-state index in [0.717, 1.165) is 19.3 Å². The summed E-state index contributed by atoms with van der Waals surface area (Å²) in [5, 5.41) is 0. The number of esters is 1. The van der Waals surface area contributed by atoms with Gasteiger partial charge >= 0.3 is 5.97 Å². The molecular weight excluding hydrogens is 348 g/mol. The number of fused-ring (bicyclic) bond motifs is 3. The molecular formula is C25H32O3. The zero-order valence-electron chi connectivity index (χ0n) is 17.4. The monoisotopic (exact) mass is 380 g/mol. The summed E-state index contributed by atoms with van der Waals surface area (Å²) in [6.45, 7) is 8.90. The van der Waals surface area contributed by atoms with Crippen LogP contribution in [0.15, 0.2) is 42.0 Å². The number of hydrogen-bond acceptors (Lipinski definition) is 3. The quantitative estimate of drug-likeness (QED) is 0.404. The van der Waals surface area contributed by atoms with Gasteiger partial charge in [-0.3, -0.25) is 0 Å². The molecule has 150 valence electrons. The molecule has 3 aliphatic carbocycles. The fourth-order valence-corrected chi connectivity index (χ4v) is 6.70. The minimum atomic E-state index is -0.226. The second-order valence-electron chi connectivity index (χ2n) is 9.56. The Morgan fingerprint density at radius 1 is 1.18 bits per heavy atom. The first-order chi connectivity index (χ1) is 13.4.